The summed E-state index contributed by atoms with van der Waals surface area (Å²) in [5.41, 5.74) is 1.35. The largest absolute Gasteiger partial charge is 0.462 e. The van der Waals surface area contributed by atoms with Crippen LogP contribution in [0.25, 0.3) is 0 Å². The normalized spacial score (nSPS) is 13.6. The predicted octanol–water partition coefficient (Wildman–Crippen LogP) is 1.94. The number of nitrogens with zero attached hydrogens (tertiary/aromatic N) is 1. The molecule has 2 rings (SSSR count). The summed E-state index contributed by atoms with van der Waals surface area (Å²) in [4.78, 5) is 39.1. The fourth-order valence-corrected chi connectivity index (χ4v) is 3.87. The number of nitrogens with one attached hydrogen (secondary N) is 2. The molecule has 144 valence electrons. The van der Waals surface area contributed by atoms with Crippen LogP contribution in [0.2, 0.25) is 0 Å². The highest BCUT2D eigenvalue weighted by Gasteiger charge is 2.25. The number of rotatable bonds is 9. The fourth-order valence-electron chi connectivity index (χ4n) is 2.73. The van der Waals surface area contributed by atoms with Crippen LogP contribution in [0.1, 0.15) is 47.5 Å². The fraction of sp³-hybridized carbons (Fsp3) is 0.611. The second-order valence-corrected chi connectivity index (χ2v) is 7.70. The molecule has 2 N–H and O–H groups in total. The van der Waals surface area contributed by atoms with Gasteiger partial charge in [0.05, 0.1) is 25.3 Å². The van der Waals surface area contributed by atoms with E-state index in [-0.39, 0.29) is 31.5 Å². The van der Waals surface area contributed by atoms with Gasteiger partial charge in [-0.05, 0) is 45.7 Å². The molecular formula is C18H27N3O4S. The van der Waals surface area contributed by atoms with Crippen LogP contribution in [0.15, 0.2) is 0 Å². The molecule has 1 aromatic heterocycles. The van der Waals surface area contributed by atoms with E-state index in [2.05, 4.69) is 10.6 Å². The molecule has 0 spiro atoms. The Bertz CT molecular complexity index is 682. The first kappa shape index (κ1) is 20.4. The molecule has 0 saturated heterocycles. The van der Waals surface area contributed by atoms with E-state index < -0.39 is 5.97 Å². The van der Waals surface area contributed by atoms with Gasteiger partial charge in [-0.1, -0.05) is 6.92 Å². The molecule has 0 aromatic carbocycles. The first-order valence-corrected chi connectivity index (χ1v) is 9.74. The highest BCUT2D eigenvalue weighted by molar-refractivity contribution is 7.16. The molecule has 1 aliphatic rings. The number of amides is 2. The molecule has 1 fully saturated rings. The summed E-state index contributed by atoms with van der Waals surface area (Å²) >= 11 is 1.38. The molecule has 0 aliphatic heterocycles. The van der Waals surface area contributed by atoms with Crippen LogP contribution in [-0.2, 0) is 20.7 Å². The van der Waals surface area contributed by atoms with Crippen molar-refractivity contribution in [3.8, 4) is 0 Å². The Kier molecular flexibility index (Phi) is 7.16. The minimum atomic E-state index is -0.416. The van der Waals surface area contributed by atoms with Crippen molar-refractivity contribution in [2.75, 3.05) is 32.1 Å². The van der Waals surface area contributed by atoms with Gasteiger partial charge in [-0.15, -0.1) is 11.3 Å². The van der Waals surface area contributed by atoms with E-state index in [9.17, 15) is 14.4 Å². The van der Waals surface area contributed by atoms with Gasteiger partial charge in [0.15, 0.2) is 0 Å². The minimum Gasteiger partial charge on any atom is -0.462 e. The number of carbonyl (C=O) groups is 3. The number of thiophene rings is 1. The van der Waals surface area contributed by atoms with Crippen LogP contribution < -0.4 is 10.6 Å². The number of carbonyl (C=O) groups excluding carboxylic acids is 3. The lowest BCUT2D eigenvalue weighted by Crippen LogP contribution is -2.39. The average Bonchev–Trinajstić information content (AvgIpc) is 3.29. The molecule has 0 atom stereocenters. The molecule has 1 heterocycles. The van der Waals surface area contributed by atoms with Crippen molar-refractivity contribution in [2.24, 2.45) is 0 Å². The van der Waals surface area contributed by atoms with Crippen molar-refractivity contribution in [3.63, 3.8) is 0 Å². The number of aryl methyl sites for hydroxylation is 1. The molecule has 8 heteroatoms. The maximum absolute atomic E-state index is 12.4. The lowest BCUT2D eigenvalue weighted by atomic mass is 10.1. The number of hydrogen-bond acceptors (Lipinski definition) is 6. The second-order valence-electron chi connectivity index (χ2n) is 6.48. The predicted molar refractivity (Wildman–Crippen MR) is 102 cm³/mol. The number of esters is 1. The van der Waals surface area contributed by atoms with Crippen molar-refractivity contribution in [1.29, 1.82) is 0 Å². The zero-order valence-corrected chi connectivity index (χ0v) is 16.6. The molecular weight excluding hydrogens is 354 g/mol. The first-order chi connectivity index (χ1) is 12.3. The monoisotopic (exact) mass is 381 g/mol. The van der Waals surface area contributed by atoms with Gasteiger partial charge in [0.1, 0.15) is 5.00 Å². The second kappa shape index (κ2) is 9.14. The minimum absolute atomic E-state index is 0.0682. The third-order valence-corrected chi connectivity index (χ3v) is 5.13. The quantitative estimate of drug-likeness (QED) is 0.639. The van der Waals surface area contributed by atoms with Gasteiger partial charge < -0.3 is 15.4 Å². The van der Waals surface area contributed by atoms with Crippen LogP contribution in [0.3, 0.4) is 0 Å². The van der Waals surface area contributed by atoms with Crippen LogP contribution in [0, 0.1) is 6.92 Å². The van der Waals surface area contributed by atoms with Crippen LogP contribution >= 0.6 is 11.3 Å². The average molecular weight is 381 g/mol. The van der Waals surface area contributed by atoms with E-state index in [0.29, 0.717) is 23.0 Å². The molecule has 2 amide bonds. The van der Waals surface area contributed by atoms with Gasteiger partial charge in [-0.25, -0.2) is 4.79 Å². The SMILES string of the molecule is CCOC(=O)c1c(NC(=O)CN(C)CC(=O)NC2CC2)sc(C)c1CC. The van der Waals surface area contributed by atoms with Gasteiger partial charge in [-0.3, -0.25) is 14.5 Å². The lowest BCUT2D eigenvalue weighted by molar-refractivity contribution is -0.123. The highest BCUT2D eigenvalue weighted by atomic mass is 32.1. The molecule has 1 aromatic rings. The third kappa shape index (κ3) is 5.54. The Labute approximate surface area is 158 Å². The molecule has 0 unspecified atom stereocenters. The van der Waals surface area contributed by atoms with E-state index in [1.807, 2.05) is 13.8 Å². The molecule has 26 heavy (non-hydrogen) atoms. The van der Waals surface area contributed by atoms with Crippen molar-refractivity contribution >= 4 is 34.1 Å². The topological polar surface area (TPSA) is 87.7 Å². The maximum atomic E-state index is 12.4. The zero-order chi connectivity index (χ0) is 19.3. The summed E-state index contributed by atoms with van der Waals surface area (Å²) in [5, 5.41) is 6.21. The van der Waals surface area contributed by atoms with Crippen molar-refractivity contribution in [2.45, 2.75) is 46.1 Å². The van der Waals surface area contributed by atoms with Crippen LogP contribution in [0.4, 0.5) is 5.00 Å². The Morgan fingerprint density at radius 3 is 2.42 bits per heavy atom. The van der Waals surface area contributed by atoms with E-state index in [1.54, 1.807) is 18.9 Å². The first-order valence-electron chi connectivity index (χ1n) is 8.92. The van der Waals surface area contributed by atoms with E-state index in [4.69, 9.17) is 4.74 Å². The van der Waals surface area contributed by atoms with Gasteiger partial charge >= 0.3 is 5.97 Å². The van der Waals surface area contributed by atoms with Crippen LogP contribution in [-0.4, -0.2) is 55.5 Å². The lowest BCUT2D eigenvalue weighted by Gasteiger charge is -2.16. The Morgan fingerprint density at radius 1 is 1.19 bits per heavy atom. The summed E-state index contributed by atoms with van der Waals surface area (Å²) < 4.78 is 5.14. The Morgan fingerprint density at radius 2 is 1.85 bits per heavy atom. The smallest absolute Gasteiger partial charge is 0.341 e. The molecule has 1 aliphatic carbocycles. The maximum Gasteiger partial charge on any atom is 0.341 e. The molecule has 7 nitrogen and oxygen atoms in total. The van der Waals surface area contributed by atoms with E-state index in [1.165, 1.54) is 11.3 Å². The number of anilines is 1. The third-order valence-electron chi connectivity index (χ3n) is 4.06. The summed E-state index contributed by atoms with van der Waals surface area (Å²) in [6, 6.07) is 0.304. The van der Waals surface area contributed by atoms with E-state index in [0.717, 1.165) is 23.3 Å². The van der Waals surface area contributed by atoms with Gasteiger partial charge in [0, 0.05) is 10.9 Å². The van der Waals surface area contributed by atoms with Crippen molar-refractivity contribution in [1.82, 2.24) is 10.2 Å². The number of likely N-dealkylation sites (N-methyl/N-ethyl adjacent to an activating group) is 1. The van der Waals surface area contributed by atoms with Crippen LogP contribution in [0.5, 0.6) is 0 Å². The molecule has 0 radical (unpaired) electrons. The summed E-state index contributed by atoms with van der Waals surface area (Å²) in [5.74, 6) is -0.752. The summed E-state index contributed by atoms with van der Waals surface area (Å²) in [6.45, 7) is 6.16. The van der Waals surface area contributed by atoms with Crippen molar-refractivity contribution in [3.05, 3.63) is 16.0 Å². The van der Waals surface area contributed by atoms with Gasteiger partial charge in [0.25, 0.3) is 0 Å². The Balaban J connectivity index is 1.98. The standard InChI is InChI=1S/C18H27N3O4S/c1-5-13-11(3)26-17(16(13)18(24)25-6-2)20-15(23)10-21(4)9-14(22)19-12-7-8-12/h12H,5-10H2,1-4H3,(H,19,22)(H,20,23). The summed E-state index contributed by atoms with van der Waals surface area (Å²) in [7, 11) is 1.72. The number of ether oxygens (including phenoxy) is 1. The molecule has 0 bridgehead atoms. The molecule has 1 saturated carbocycles. The summed E-state index contributed by atoms with van der Waals surface area (Å²) in [6.07, 6.45) is 2.75. The van der Waals surface area contributed by atoms with Gasteiger partial charge in [-0.2, -0.15) is 0 Å². The zero-order valence-electron chi connectivity index (χ0n) is 15.8. The Hall–Kier alpha value is -1.93. The van der Waals surface area contributed by atoms with Crippen molar-refractivity contribution < 1.29 is 19.1 Å². The van der Waals surface area contributed by atoms with E-state index >= 15 is 0 Å². The number of hydrogen-bond donors (Lipinski definition) is 2. The van der Waals surface area contributed by atoms with Gasteiger partial charge in [0.2, 0.25) is 11.8 Å². The highest BCUT2D eigenvalue weighted by Crippen LogP contribution is 2.34.